The van der Waals surface area contributed by atoms with Crippen molar-refractivity contribution in [3.05, 3.63) is 60.2 Å². The Kier molecular flexibility index (Phi) is 6.87. The van der Waals surface area contributed by atoms with Gasteiger partial charge in [-0.1, -0.05) is 61.5 Å². The van der Waals surface area contributed by atoms with Crippen LogP contribution in [-0.2, 0) is 20.8 Å². The first-order chi connectivity index (χ1) is 14.3. The minimum Gasteiger partial charge on any atom is -0.481 e. The van der Waals surface area contributed by atoms with Crippen LogP contribution in [0.25, 0.3) is 11.1 Å². The predicted octanol–water partition coefficient (Wildman–Crippen LogP) is 3.60. The maximum atomic E-state index is 12.6. The largest absolute Gasteiger partial charge is 0.481 e. The summed E-state index contributed by atoms with van der Waals surface area (Å²) in [6.45, 7) is 1.61. The van der Waals surface area contributed by atoms with Crippen molar-refractivity contribution in [1.82, 2.24) is 5.32 Å². The van der Waals surface area contributed by atoms with Gasteiger partial charge in [0.1, 0.15) is 0 Å². The van der Waals surface area contributed by atoms with Gasteiger partial charge in [0, 0.05) is 6.04 Å². The Labute approximate surface area is 175 Å². The van der Waals surface area contributed by atoms with Gasteiger partial charge in [-0.25, -0.2) is 0 Å². The van der Waals surface area contributed by atoms with Gasteiger partial charge in [-0.05, 0) is 42.4 Å². The van der Waals surface area contributed by atoms with Gasteiger partial charge in [0.25, 0.3) is 0 Å². The Balaban J connectivity index is 1.70. The molecule has 6 heteroatoms. The van der Waals surface area contributed by atoms with E-state index in [0.717, 1.165) is 16.7 Å². The van der Waals surface area contributed by atoms with Gasteiger partial charge in [0.2, 0.25) is 5.91 Å². The molecule has 0 spiro atoms. The van der Waals surface area contributed by atoms with Crippen molar-refractivity contribution in [2.24, 2.45) is 17.8 Å². The van der Waals surface area contributed by atoms with Crippen molar-refractivity contribution in [3.63, 3.8) is 0 Å². The van der Waals surface area contributed by atoms with Crippen LogP contribution in [0.5, 0.6) is 0 Å². The van der Waals surface area contributed by atoms with E-state index in [9.17, 15) is 24.6 Å². The van der Waals surface area contributed by atoms with Crippen LogP contribution < -0.4 is 5.32 Å². The minimum absolute atomic E-state index is 0.284. The number of carboxylic acid groups (broad SMARTS) is 2. The van der Waals surface area contributed by atoms with Crippen LogP contribution in [0.4, 0.5) is 0 Å². The van der Waals surface area contributed by atoms with Crippen molar-refractivity contribution in [3.8, 4) is 11.1 Å². The summed E-state index contributed by atoms with van der Waals surface area (Å²) in [6.07, 6.45) is 1.83. The third-order valence-corrected chi connectivity index (χ3v) is 5.88. The number of hydrogen-bond acceptors (Lipinski definition) is 3. The van der Waals surface area contributed by atoms with Crippen LogP contribution in [-0.4, -0.2) is 34.1 Å². The Morgan fingerprint density at radius 2 is 1.53 bits per heavy atom. The van der Waals surface area contributed by atoms with E-state index in [4.69, 9.17) is 0 Å². The third-order valence-electron chi connectivity index (χ3n) is 5.88. The second-order valence-corrected chi connectivity index (χ2v) is 8.08. The number of amides is 1. The van der Waals surface area contributed by atoms with Crippen molar-refractivity contribution in [2.45, 2.75) is 38.6 Å². The van der Waals surface area contributed by atoms with E-state index in [2.05, 4.69) is 5.32 Å². The molecule has 1 aliphatic carbocycles. The molecule has 3 rings (SSSR count). The van der Waals surface area contributed by atoms with E-state index in [-0.39, 0.29) is 18.4 Å². The first kappa shape index (κ1) is 21.6. The van der Waals surface area contributed by atoms with E-state index in [0.29, 0.717) is 19.3 Å². The zero-order chi connectivity index (χ0) is 21.7. The molecule has 1 saturated carbocycles. The fourth-order valence-electron chi connectivity index (χ4n) is 3.89. The molecule has 1 amide bonds. The summed E-state index contributed by atoms with van der Waals surface area (Å²) in [5.74, 6) is -3.96. The van der Waals surface area contributed by atoms with E-state index < -0.39 is 29.7 Å². The molecule has 6 nitrogen and oxygen atoms in total. The Morgan fingerprint density at radius 1 is 0.933 bits per heavy atom. The molecule has 2 unspecified atom stereocenters. The topological polar surface area (TPSA) is 104 Å². The Morgan fingerprint density at radius 3 is 2.07 bits per heavy atom. The summed E-state index contributed by atoms with van der Waals surface area (Å²) in [7, 11) is 0. The SMILES string of the molecule is CC(CC(Cc1ccc(-c2ccccc2)cc1)NC(=O)[C@@H]1CC[C@@H]1C(=O)O)C(=O)O. The molecule has 0 aromatic heterocycles. The maximum absolute atomic E-state index is 12.6. The van der Waals surface area contributed by atoms with Crippen LogP contribution in [0.15, 0.2) is 54.6 Å². The highest BCUT2D eigenvalue weighted by molar-refractivity contribution is 5.86. The molecule has 3 N–H and O–H groups in total. The normalized spacial score (nSPS) is 19.9. The lowest BCUT2D eigenvalue weighted by atomic mass is 9.73. The number of aliphatic carboxylic acids is 2. The molecule has 0 heterocycles. The monoisotopic (exact) mass is 409 g/mol. The lowest BCUT2D eigenvalue weighted by Crippen LogP contribution is -2.48. The summed E-state index contributed by atoms with van der Waals surface area (Å²) in [5, 5.41) is 21.4. The highest BCUT2D eigenvalue weighted by atomic mass is 16.4. The van der Waals surface area contributed by atoms with Crippen molar-refractivity contribution in [1.29, 1.82) is 0 Å². The molecule has 0 radical (unpaired) electrons. The second kappa shape index (κ2) is 9.57. The molecule has 1 fully saturated rings. The number of benzene rings is 2. The van der Waals surface area contributed by atoms with Crippen molar-refractivity contribution in [2.75, 3.05) is 0 Å². The van der Waals surface area contributed by atoms with Gasteiger partial charge in [-0.15, -0.1) is 0 Å². The number of rotatable bonds is 9. The highest BCUT2D eigenvalue weighted by Crippen LogP contribution is 2.34. The lowest BCUT2D eigenvalue weighted by Gasteiger charge is -2.33. The third kappa shape index (κ3) is 5.26. The molecule has 2 aromatic carbocycles. The lowest BCUT2D eigenvalue weighted by molar-refractivity contribution is -0.153. The predicted molar refractivity (Wildman–Crippen MR) is 113 cm³/mol. The quantitative estimate of drug-likeness (QED) is 0.587. The summed E-state index contributed by atoms with van der Waals surface area (Å²) in [5.41, 5.74) is 3.18. The second-order valence-electron chi connectivity index (χ2n) is 8.08. The van der Waals surface area contributed by atoms with Crippen LogP contribution >= 0.6 is 0 Å². The number of carboxylic acids is 2. The van der Waals surface area contributed by atoms with Gasteiger partial charge >= 0.3 is 11.9 Å². The standard InChI is InChI=1S/C24H27NO5/c1-15(23(27)28)13-19(25-22(26)20-11-12-21(20)24(29)30)14-16-7-9-18(10-8-16)17-5-3-2-4-6-17/h2-10,15,19-21H,11-14H2,1H3,(H,25,26)(H,27,28)(H,29,30)/t15?,19?,20-,21+/m1/s1. The van der Waals surface area contributed by atoms with Crippen molar-refractivity contribution < 1.29 is 24.6 Å². The number of hydrogen-bond donors (Lipinski definition) is 3. The summed E-state index contributed by atoms with van der Waals surface area (Å²) >= 11 is 0. The Bertz CT molecular complexity index is 894. The average Bonchev–Trinajstić information content (AvgIpc) is 2.67. The van der Waals surface area contributed by atoms with E-state index in [1.807, 2.05) is 54.6 Å². The minimum atomic E-state index is -0.951. The van der Waals surface area contributed by atoms with Crippen LogP contribution in [0.2, 0.25) is 0 Å². The maximum Gasteiger partial charge on any atom is 0.307 e. The van der Waals surface area contributed by atoms with Crippen LogP contribution in [0, 0.1) is 17.8 Å². The zero-order valence-electron chi connectivity index (χ0n) is 17.0. The molecule has 158 valence electrons. The molecular weight excluding hydrogens is 382 g/mol. The summed E-state index contributed by atoms with van der Waals surface area (Å²) in [6, 6.07) is 17.6. The van der Waals surface area contributed by atoms with Gasteiger partial charge in [-0.2, -0.15) is 0 Å². The number of nitrogens with one attached hydrogen (secondary N) is 1. The fourth-order valence-corrected chi connectivity index (χ4v) is 3.89. The van der Waals surface area contributed by atoms with Crippen LogP contribution in [0.1, 0.15) is 31.7 Å². The molecule has 0 saturated heterocycles. The first-order valence-electron chi connectivity index (χ1n) is 10.3. The number of carbonyl (C=O) groups excluding carboxylic acids is 1. The smallest absolute Gasteiger partial charge is 0.307 e. The van der Waals surface area contributed by atoms with Gasteiger partial charge < -0.3 is 15.5 Å². The molecule has 30 heavy (non-hydrogen) atoms. The Hall–Kier alpha value is -3.15. The average molecular weight is 409 g/mol. The van der Waals surface area contributed by atoms with E-state index >= 15 is 0 Å². The first-order valence-corrected chi connectivity index (χ1v) is 10.3. The van der Waals surface area contributed by atoms with E-state index in [1.165, 1.54) is 0 Å². The fraction of sp³-hybridized carbons (Fsp3) is 0.375. The molecule has 0 bridgehead atoms. The highest BCUT2D eigenvalue weighted by Gasteiger charge is 2.42. The summed E-state index contributed by atoms with van der Waals surface area (Å²) < 4.78 is 0. The summed E-state index contributed by atoms with van der Waals surface area (Å²) in [4.78, 5) is 35.2. The molecule has 1 aliphatic rings. The molecule has 4 atom stereocenters. The van der Waals surface area contributed by atoms with Crippen molar-refractivity contribution >= 4 is 17.8 Å². The van der Waals surface area contributed by atoms with Gasteiger partial charge in [-0.3, -0.25) is 14.4 Å². The number of carbonyl (C=O) groups is 3. The van der Waals surface area contributed by atoms with Crippen LogP contribution in [0.3, 0.4) is 0 Å². The molecule has 2 aromatic rings. The van der Waals surface area contributed by atoms with E-state index in [1.54, 1.807) is 6.92 Å². The zero-order valence-corrected chi connectivity index (χ0v) is 17.0. The molecular formula is C24H27NO5. The molecule has 0 aliphatic heterocycles. The van der Waals surface area contributed by atoms with Gasteiger partial charge in [0.05, 0.1) is 17.8 Å². The van der Waals surface area contributed by atoms with Gasteiger partial charge in [0.15, 0.2) is 0 Å².